The van der Waals surface area contributed by atoms with Gasteiger partial charge < -0.3 is 4.74 Å². The van der Waals surface area contributed by atoms with Crippen molar-refractivity contribution in [3.63, 3.8) is 0 Å². The molecule has 0 spiro atoms. The second-order valence-electron chi connectivity index (χ2n) is 4.64. The molecule has 0 saturated heterocycles. The molecule has 0 aliphatic rings. The van der Waals surface area contributed by atoms with Gasteiger partial charge in [-0.1, -0.05) is 37.7 Å². The lowest BCUT2D eigenvalue weighted by molar-refractivity contribution is 0.0600. The molecule has 1 N–H and O–H groups in total. The number of aromatic amines is 1. The van der Waals surface area contributed by atoms with Crippen molar-refractivity contribution >= 4 is 17.7 Å². The average molecular weight is 291 g/mol. The zero-order valence-corrected chi connectivity index (χ0v) is 12.5. The standard InChI is InChI=1S/C14H17N3O2S/c1-9(2)12-15-14(17-16-12)20-8-10-5-4-6-11(7-10)13(18)19-3/h4-7,9H,8H2,1-3H3,(H,15,16,17). The Bertz CT molecular complexity index is 596. The summed E-state index contributed by atoms with van der Waals surface area (Å²) in [7, 11) is 1.38. The van der Waals surface area contributed by atoms with Crippen molar-refractivity contribution in [3.05, 3.63) is 41.2 Å². The second-order valence-corrected chi connectivity index (χ2v) is 5.58. The highest BCUT2D eigenvalue weighted by molar-refractivity contribution is 7.98. The van der Waals surface area contributed by atoms with Crippen LogP contribution in [0.5, 0.6) is 0 Å². The first-order valence-corrected chi connectivity index (χ1v) is 7.31. The Kier molecular flexibility index (Phi) is 4.79. The molecule has 0 aliphatic carbocycles. The zero-order chi connectivity index (χ0) is 14.5. The number of nitrogens with zero attached hydrogens (tertiary/aromatic N) is 2. The summed E-state index contributed by atoms with van der Waals surface area (Å²) in [5, 5.41) is 7.81. The van der Waals surface area contributed by atoms with Gasteiger partial charge in [-0.15, -0.1) is 5.10 Å². The summed E-state index contributed by atoms with van der Waals surface area (Å²) in [6.45, 7) is 4.13. The number of ether oxygens (including phenoxy) is 1. The first kappa shape index (κ1) is 14.6. The smallest absolute Gasteiger partial charge is 0.337 e. The molecular formula is C14H17N3O2S. The normalized spacial score (nSPS) is 10.8. The van der Waals surface area contributed by atoms with E-state index in [9.17, 15) is 4.79 Å². The lowest BCUT2D eigenvalue weighted by atomic mass is 10.1. The van der Waals surface area contributed by atoms with E-state index in [2.05, 4.69) is 29.0 Å². The van der Waals surface area contributed by atoms with Crippen LogP contribution < -0.4 is 0 Å². The number of thioether (sulfide) groups is 1. The molecule has 0 aliphatic heterocycles. The van der Waals surface area contributed by atoms with Gasteiger partial charge in [-0.2, -0.15) is 0 Å². The van der Waals surface area contributed by atoms with Gasteiger partial charge in [0.1, 0.15) is 5.82 Å². The minimum Gasteiger partial charge on any atom is -0.465 e. The van der Waals surface area contributed by atoms with Crippen molar-refractivity contribution in [1.29, 1.82) is 0 Å². The van der Waals surface area contributed by atoms with E-state index < -0.39 is 0 Å². The summed E-state index contributed by atoms with van der Waals surface area (Å²) in [6, 6.07) is 7.38. The zero-order valence-electron chi connectivity index (χ0n) is 11.7. The summed E-state index contributed by atoms with van der Waals surface area (Å²) in [6.07, 6.45) is 0. The third kappa shape index (κ3) is 3.60. The molecule has 5 nitrogen and oxygen atoms in total. The number of benzene rings is 1. The lowest BCUT2D eigenvalue weighted by Crippen LogP contribution is -2.01. The molecule has 0 bridgehead atoms. The molecule has 0 amide bonds. The van der Waals surface area contributed by atoms with E-state index >= 15 is 0 Å². The average Bonchev–Trinajstić information content (AvgIpc) is 2.93. The maximum Gasteiger partial charge on any atom is 0.337 e. The molecule has 2 aromatic rings. The quantitative estimate of drug-likeness (QED) is 0.677. The minimum atomic E-state index is -0.322. The molecule has 6 heteroatoms. The fraction of sp³-hybridized carbons (Fsp3) is 0.357. The molecule has 0 fully saturated rings. The molecule has 0 radical (unpaired) electrons. The summed E-state index contributed by atoms with van der Waals surface area (Å²) in [5.41, 5.74) is 1.59. The molecule has 0 atom stereocenters. The van der Waals surface area contributed by atoms with Crippen molar-refractivity contribution in [1.82, 2.24) is 15.2 Å². The molecule has 1 heterocycles. The largest absolute Gasteiger partial charge is 0.465 e. The molecule has 2 rings (SSSR count). The van der Waals surface area contributed by atoms with Crippen molar-refractivity contribution in [2.45, 2.75) is 30.7 Å². The summed E-state index contributed by atoms with van der Waals surface area (Å²) in [4.78, 5) is 15.9. The second kappa shape index (κ2) is 6.56. The maximum absolute atomic E-state index is 11.5. The van der Waals surface area contributed by atoms with Crippen LogP contribution in [-0.2, 0) is 10.5 Å². The lowest BCUT2D eigenvalue weighted by Gasteiger charge is -2.02. The number of rotatable bonds is 5. The summed E-state index contributed by atoms with van der Waals surface area (Å²) in [5.74, 6) is 1.60. The van der Waals surface area contributed by atoms with Crippen LogP contribution in [0.1, 0.15) is 41.5 Å². The van der Waals surface area contributed by atoms with Gasteiger partial charge in [0.25, 0.3) is 0 Å². The van der Waals surface area contributed by atoms with Gasteiger partial charge in [0, 0.05) is 11.7 Å². The van der Waals surface area contributed by atoms with E-state index in [0.29, 0.717) is 17.2 Å². The third-order valence-electron chi connectivity index (χ3n) is 2.75. The van der Waals surface area contributed by atoms with E-state index in [4.69, 9.17) is 4.74 Å². The van der Waals surface area contributed by atoms with Gasteiger partial charge in [0.15, 0.2) is 0 Å². The Morgan fingerprint density at radius 3 is 2.90 bits per heavy atom. The Balaban J connectivity index is 2.01. The van der Waals surface area contributed by atoms with Gasteiger partial charge in [-0.25, -0.2) is 9.78 Å². The molecule has 106 valence electrons. The number of H-pyrrole nitrogens is 1. The predicted molar refractivity (Wildman–Crippen MR) is 77.8 cm³/mol. The van der Waals surface area contributed by atoms with Gasteiger partial charge in [-0.05, 0) is 17.7 Å². The van der Waals surface area contributed by atoms with Crippen LogP contribution in [-0.4, -0.2) is 28.3 Å². The number of esters is 1. The van der Waals surface area contributed by atoms with Gasteiger partial charge >= 0.3 is 5.97 Å². The van der Waals surface area contributed by atoms with Crippen LogP contribution in [0.25, 0.3) is 0 Å². The van der Waals surface area contributed by atoms with Crippen LogP contribution >= 0.6 is 11.8 Å². The van der Waals surface area contributed by atoms with Crippen LogP contribution in [0.2, 0.25) is 0 Å². The number of aromatic nitrogens is 3. The molecule has 0 saturated carbocycles. The van der Waals surface area contributed by atoms with Crippen LogP contribution in [0.4, 0.5) is 0 Å². The maximum atomic E-state index is 11.5. The molecule has 20 heavy (non-hydrogen) atoms. The summed E-state index contributed by atoms with van der Waals surface area (Å²) < 4.78 is 4.71. The van der Waals surface area contributed by atoms with Crippen LogP contribution in [0.3, 0.4) is 0 Å². The van der Waals surface area contributed by atoms with Crippen LogP contribution in [0.15, 0.2) is 29.4 Å². The molecule has 1 aromatic heterocycles. The van der Waals surface area contributed by atoms with E-state index in [1.54, 1.807) is 6.07 Å². The van der Waals surface area contributed by atoms with Crippen molar-refractivity contribution in [2.75, 3.05) is 7.11 Å². The Hall–Kier alpha value is -1.82. The Morgan fingerprint density at radius 2 is 2.25 bits per heavy atom. The molecule has 1 aromatic carbocycles. The van der Waals surface area contributed by atoms with Crippen molar-refractivity contribution in [2.24, 2.45) is 0 Å². The van der Waals surface area contributed by atoms with E-state index in [1.165, 1.54) is 18.9 Å². The first-order valence-electron chi connectivity index (χ1n) is 6.32. The highest BCUT2D eigenvalue weighted by atomic mass is 32.2. The first-order chi connectivity index (χ1) is 9.60. The van der Waals surface area contributed by atoms with Gasteiger partial charge in [0.05, 0.1) is 12.7 Å². The highest BCUT2D eigenvalue weighted by Gasteiger charge is 2.09. The minimum absolute atomic E-state index is 0.322. The highest BCUT2D eigenvalue weighted by Crippen LogP contribution is 2.21. The number of carbonyl (C=O) groups is 1. The fourth-order valence-electron chi connectivity index (χ4n) is 1.63. The fourth-order valence-corrected chi connectivity index (χ4v) is 2.38. The summed E-state index contributed by atoms with van der Waals surface area (Å²) >= 11 is 1.53. The SMILES string of the molecule is COC(=O)c1cccc(CSc2n[nH]c(C(C)C)n2)c1. The number of hydrogen-bond donors (Lipinski definition) is 1. The topological polar surface area (TPSA) is 67.9 Å². The van der Waals surface area contributed by atoms with Gasteiger partial charge in [-0.3, -0.25) is 5.10 Å². The predicted octanol–water partition coefficient (Wildman–Crippen LogP) is 3.01. The Labute approximate surface area is 122 Å². The number of methoxy groups -OCH3 is 1. The van der Waals surface area contributed by atoms with Gasteiger partial charge in [0.2, 0.25) is 5.16 Å². The molecule has 0 unspecified atom stereocenters. The van der Waals surface area contributed by atoms with E-state index in [-0.39, 0.29) is 5.97 Å². The van der Waals surface area contributed by atoms with Crippen LogP contribution in [0, 0.1) is 0 Å². The van der Waals surface area contributed by atoms with Crippen molar-refractivity contribution < 1.29 is 9.53 Å². The van der Waals surface area contributed by atoms with Crippen molar-refractivity contribution in [3.8, 4) is 0 Å². The van der Waals surface area contributed by atoms with E-state index in [1.807, 2.05) is 18.2 Å². The number of carbonyl (C=O) groups excluding carboxylic acids is 1. The number of nitrogens with one attached hydrogen (secondary N) is 1. The Morgan fingerprint density at radius 1 is 1.45 bits per heavy atom. The third-order valence-corrected chi connectivity index (χ3v) is 3.66. The van der Waals surface area contributed by atoms with E-state index in [0.717, 1.165) is 16.5 Å². The molecular weight excluding hydrogens is 274 g/mol. The monoisotopic (exact) mass is 291 g/mol. The number of hydrogen-bond acceptors (Lipinski definition) is 5.